The standard InChI is InChI=1S/C17H22N4O2/c1-4-20(12-16(22)19-13(2)3)17(23)14-10-18-21(11-14)15-8-6-5-7-9-15/h5-11,13H,4,12H2,1-3H3,(H,19,22). The molecule has 6 heteroatoms. The number of nitrogens with zero attached hydrogens (tertiary/aromatic N) is 3. The van der Waals surface area contributed by atoms with Crippen LogP contribution in [0.1, 0.15) is 31.1 Å². The Morgan fingerprint density at radius 2 is 1.96 bits per heavy atom. The molecule has 2 rings (SSSR count). The van der Waals surface area contributed by atoms with Crippen LogP contribution in [0.25, 0.3) is 5.69 Å². The Kier molecular flexibility index (Phi) is 5.51. The van der Waals surface area contributed by atoms with Gasteiger partial charge in [0.05, 0.1) is 24.0 Å². The largest absolute Gasteiger partial charge is 0.352 e. The third-order valence-electron chi connectivity index (χ3n) is 3.30. The lowest BCUT2D eigenvalue weighted by molar-refractivity contribution is -0.122. The fourth-order valence-electron chi connectivity index (χ4n) is 2.21. The zero-order valence-corrected chi connectivity index (χ0v) is 13.7. The summed E-state index contributed by atoms with van der Waals surface area (Å²) >= 11 is 0. The molecule has 1 aromatic carbocycles. The molecule has 0 fully saturated rings. The molecular weight excluding hydrogens is 292 g/mol. The molecule has 0 aliphatic heterocycles. The Labute approximate surface area is 136 Å². The summed E-state index contributed by atoms with van der Waals surface area (Å²) in [5.74, 6) is -0.362. The van der Waals surface area contributed by atoms with Crippen molar-refractivity contribution < 1.29 is 9.59 Å². The van der Waals surface area contributed by atoms with Crippen molar-refractivity contribution in [2.24, 2.45) is 0 Å². The van der Waals surface area contributed by atoms with Gasteiger partial charge in [-0.1, -0.05) is 18.2 Å². The van der Waals surface area contributed by atoms with E-state index in [0.717, 1.165) is 5.69 Å². The van der Waals surface area contributed by atoms with Gasteiger partial charge < -0.3 is 10.2 Å². The number of likely N-dealkylation sites (N-methyl/N-ethyl adjacent to an activating group) is 1. The van der Waals surface area contributed by atoms with E-state index in [2.05, 4.69) is 10.4 Å². The molecule has 0 saturated carbocycles. The fourth-order valence-corrected chi connectivity index (χ4v) is 2.21. The van der Waals surface area contributed by atoms with Crippen molar-refractivity contribution >= 4 is 11.8 Å². The van der Waals surface area contributed by atoms with Gasteiger partial charge in [0, 0.05) is 18.8 Å². The molecule has 0 aliphatic rings. The second kappa shape index (κ2) is 7.58. The highest BCUT2D eigenvalue weighted by Crippen LogP contribution is 2.09. The van der Waals surface area contributed by atoms with Crippen molar-refractivity contribution in [2.75, 3.05) is 13.1 Å². The first kappa shape index (κ1) is 16.7. The van der Waals surface area contributed by atoms with E-state index < -0.39 is 0 Å². The van der Waals surface area contributed by atoms with Crippen molar-refractivity contribution in [3.63, 3.8) is 0 Å². The molecule has 0 atom stereocenters. The van der Waals surface area contributed by atoms with Crippen molar-refractivity contribution in [3.05, 3.63) is 48.3 Å². The van der Waals surface area contributed by atoms with Gasteiger partial charge in [-0.25, -0.2) is 4.68 Å². The number of carbonyl (C=O) groups excluding carboxylic acids is 2. The van der Waals surface area contributed by atoms with Crippen molar-refractivity contribution in [1.82, 2.24) is 20.0 Å². The lowest BCUT2D eigenvalue weighted by Gasteiger charge is -2.20. The van der Waals surface area contributed by atoms with E-state index in [4.69, 9.17) is 0 Å². The Morgan fingerprint density at radius 3 is 2.57 bits per heavy atom. The van der Waals surface area contributed by atoms with E-state index >= 15 is 0 Å². The quantitative estimate of drug-likeness (QED) is 0.885. The molecular formula is C17H22N4O2. The molecule has 0 saturated heterocycles. The third kappa shape index (κ3) is 4.42. The number of para-hydroxylation sites is 1. The lowest BCUT2D eigenvalue weighted by atomic mass is 10.3. The van der Waals surface area contributed by atoms with E-state index in [1.54, 1.807) is 10.9 Å². The number of aromatic nitrogens is 2. The number of rotatable bonds is 6. The average Bonchev–Trinajstić information content (AvgIpc) is 3.02. The molecule has 0 bridgehead atoms. The lowest BCUT2D eigenvalue weighted by Crippen LogP contribution is -2.42. The van der Waals surface area contributed by atoms with Gasteiger partial charge in [0.1, 0.15) is 0 Å². The van der Waals surface area contributed by atoms with Gasteiger partial charge in [0.15, 0.2) is 0 Å². The maximum absolute atomic E-state index is 12.5. The number of amides is 2. The molecule has 0 spiro atoms. The second-order valence-electron chi connectivity index (χ2n) is 5.55. The van der Waals surface area contributed by atoms with Crippen LogP contribution in [0.15, 0.2) is 42.7 Å². The monoisotopic (exact) mass is 314 g/mol. The summed E-state index contributed by atoms with van der Waals surface area (Å²) in [6, 6.07) is 9.62. The smallest absolute Gasteiger partial charge is 0.257 e. The summed E-state index contributed by atoms with van der Waals surface area (Å²) in [6.07, 6.45) is 3.21. The average molecular weight is 314 g/mol. The predicted molar refractivity (Wildman–Crippen MR) is 88.4 cm³/mol. The van der Waals surface area contributed by atoms with Crippen LogP contribution in [0.2, 0.25) is 0 Å². The fraction of sp³-hybridized carbons (Fsp3) is 0.353. The number of carbonyl (C=O) groups is 2. The minimum absolute atomic E-state index is 0.0457. The van der Waals surface area contributed by atoms with Crippen LogP contribution in [-0.2, 0) is 4.79 Å². The molecule has 1 heterocycles. The minimum Gasteiger partial charge on any atom is -0.352 e. The Morgan fingerprint density at radius 1 is 1.26 bits per heavy atom. The molecule has 23 heavy (non-hydrogen) atoms. The number of nitrogens with one attached hydrogen (secondary N) is 1. The molecule has 6 nitrogen and oxygen atoms in total. The molecule has 0 radical (unpaired) electrons. The highest BCUT2D eigenvalue weighted by Gasteiger charge is 2.19. The van der Waals surface area contributed by atoms with Gasteiger partial charge in [-0.15, -0.1) is 0 Å². The topological polar surface area (TPSA) is 67.2 Å². The second-order valence-corrected chi connectivity index (χ2v) is 5.55. The van der Waals surface area contributed by atoms with Crippen LogP contribution in [0.4, 0.5) is 0 Å². The van der Waals surface area contributed by atoms with Crippen LogP contribution < -0.4 is 5.32 Å². The Bertz CT molecular complexity index is 664. The van der Waals surface area contributed by atoms with E-state index in [1.165, 1.54) is 11.1 Å². The van der Waals surface area contributed by atoms with Crippen LogP contribution >= 0.6 is 0 Å². The van der Waals surface area contributed by atoms with Gasteiger partial charge in [-0.05, 0) is 32.9 Å². The van der Waals surface area contributed by atoms with Gasteiger partial charge >= 0.3 is 0 Å². The summed E-state index contributed by atoms with van der Waals surface area (Å²) in [4.78, 5) is 25.9. The van der Waals surface area contributed by atoms with Gasteiger partial charge in [-0.3, -0.25) is 9.59 Å². The van der Waals surface area contributed by atoms with Crippen LogP contribution in [0.5, 0.6) is 0 Å². The third-order valence-corrected chi connectivity index (χ3v) is 3.30. The maximum atomic E-state index is 12.5. The zero-order chi connectivity index (χ0) is 16.8. The van der Waals surface area contributed by atoms with Crippen molar-refractivity contribution in [3.8, 4) is 5.69 Å². The summed E-state index contributed by atoms with van der Waals surface area (Å²) in [5.41, 5.74) is 1.35. The van der Waals surface area contributed by atoms with Gasteiger partial charge in [-0.2, -0.15) is 5.10 Å². The van der Waals surface area contributed by atoms with E-state index in [0.29, 0.717) is 12.1 Å². The first-order chi connectivity index (χ1) is 11.0. The molecule has 1 aromatic heterocycles. The summed E-state index contributed by atoms with van der Waals surface area (Å²) in [5, 5.41) is 7.01. The number of benzene rings is 1. The SMILES string of the molecule is CCN(CC(=O)NC(C)C)C(=O)c1cnn(-c2ccccc2)c1. The Hall–Kier alpha value is -2.63. The molecule has 0 unspecified atom stereocenters. The van der Waals surface area contributed by atoms with E-state index in [1.807, 2.05) is 51.1 Å². The summed E-state index contributed by atoms with van der Waals surface area (Å²) in [7, 11) is 0. The normalized spacial score (nSPS) is 10.6. The highest BCUT2D eigenvalue weighted by molar-refractivity contribution is 5.96. The number of hydrogen-bond donors (Lipinski definition) is 1. The Balaban J connectivity index is 2.09. The van der Waals surface area contributed by atoms with Crippen LogP contribution in [0, 0.1) is 0 Å². The zero-order valence-electron chi connectivity index (χ0n) is 13.7. The summed E-state index contributed by atoms with van der Waals surface area (Å²) in [6.45, 7) is 6.13. The minimum atomic E-state index is -0.200. The number of hydrogen-bond acceptors (Lipinski definition) is 3. The highest BCUT2D eigenvalue weighted by atomic mass is 16.2. The predicted octanol–water partition coefficient (Wildman–Crippen LogP) is 1.86. The molecule has 2 aromatic rings. The molecule has 0 aliphatic carbocycles. The van der Waals surface area contributed by atoms with Crippen LogP contribution in [0.3, 0.4) is 0 Å². The first-order valence-corrected chi connectivity index (χ1v) is 7.70. The molecule has 2 amide bonds. The van der Waals surface area contributed by atoms with E-state index in [9.17, 15) is 9.59 Å². The van der Waals surface area contributed by atoms with Crippen molar-refractivity contribution in [1.29, 1.82) is 0 Å². The molecule has 1 N–H and O–H groups in total. The maximum Gasteiger partial charge on any atom is 0.257 e. The van der Waals surface area contributed by atoms with E-state index in [-0.39, 0.29) is 24.4 Å². The van der Waals surface area contributed by atoms with Gasteiger partial charge in [0.25, 0.3) is 5.91 Å². The summed E-state index contributed by atoms with van der Waals surface area (Å²) < 4.78 is 1.65. The first-order valence-electron chi connectivity index (χ1n) is 7.70. The molecule has 122 valence electrons. The van der Waals surface area contributed by atoms with Gasteiger partial charge in [0.2, 0.25) is 5.91 Å². The van der Waals surface area contributed by atoms with Crippen LogP contribution in [-0.4, -0.2) is 45.6 Å². The van der Waals surface area contributed by atoms with Crippen molar-refractivity contribution in [2.45, 2.75) is 26.8 Å².